The molecule has 1 aromatic heterocycles. The Labute approximate surface area is 151 Å². The average molecular weight is 388 g/mol. The van der Waals surface area contributed by atoms with Gasteiger partial charge in [0.25, 0.3) is 10.0 Å². The van der Waals surface area contributed by atoms with Crippen LogP contribution in [0.3, 0.4) is 0 Å². The molecule has 0 bridgehead atoms. The molecule has 0 aliphatic heterocycles. The van der Waals surface area contributed by atoms with Crippen LogP contribution in [0.4, 0.5) is 5.69 Å². The molecule has 0 radical (unpaired) electrons. The van der Waals surface area contributed by atoms with Crippen molar-refractivity contribution >= 4 is 27.3 Å². The molecule has 136 valence electrons. The minimum Gasteiger partial charge on any atom is -0.495 e. The predicted octanol–water partition coefficient (Wildman–Crippen LogP) is 2.74. The van der Waals surface area contributed by atoms with E-state index in [2.05, 4.69) is 14.7 Å². The van der Waals surface area contributed by atoms with Crippen LogP contribution in [0, 0.1) is 0 Å². The summed E-state index contributed by atoms with van der Waals surface area (Å²) in [5.41, 5.74) is 0.0947. The Kier molecular flexibility index (Phi) is 6.27. The lowest BCUT2D eigenvalue weighted by Crippen LogP contribution is -2.15. The fourth-order valence-corrected chi connectivity index (χ4v) is 3.27. The Morgan fingerprint density at radius 2 is 1.92 bits per heavy atom. The molecule has 10 heteroatoms. The number of rotatable bonds is 8. The number of nitrogens with one attached hydrogen (secondary N) is 1. The van der Waals surface area contributed by atoms with Gasteiger partial charge in [0.05, 0.1) is 36.4 Å². The first kappa shape index (κ1) is 19.1. The molecule has 1 N–H and O–H groups in total. The highest BCUT2D eigenvalue weighted by molar-refractivity contribution is 7.92. The Balaban J connectivity index is 2.35. The number of nitrogens with zero attached hydrogens (tertiary/aromatic N) is 2. The molecule has 0 aliphatic rings. The van der Waals surface area contributed by atoms with Gasteiger partial charge in [-0.3, -0.25) is 4.72 Å². The van der Waals surface area contributed by atoms with E-state index in [-0.39, 0.29) is 27.5 Å². The maximum Gasteiger partial charge on any atom is 0.319 e. The highest BCUT2D eigenvalue weighted by atomic mass is 35.5. The van der Waals surface area contributed by atoms with Crippen LogP contribution in [0.5, 0.6) is 17.6 Å². The maximum atomic E-state index is 12.6. The zero-order valence-electron chi connectivity index (χ0n) is 13.9. The summed E-state index contributed by atoms with van der Waals surface area (Å²) in [7, 11) is -2.47. The van der Waals surface area contributed by atoms with Crippen molar-refractivity contribution in [2.45, 2.75) is 18.7 Å². The molecule has 0 fully saturated rings. The van der Waals surface area contributed by atoms with Crippen LogP contribution in [0.2, 0.25) is 5.02 Å². The summed E-state index contributed by atoms with van der Waals surface area (Å²) in [6.45, 7) is 4.21. The van der Waals surface area contributed by atoms with E-state index in [0.29, 0.717) is 19.0 Å². The molecule has 0 spiro atoms. The van der Waals surface area contributed by atoms with Crippen molar-refractivity contribution in [3.63, 3.8) is 0 Å². The quantitative estimate of drug-likeness (QED) is 0.743. The van der Waals surface area contributed by atoms with Gasteiger partial charge < -0.3 is 14.2 Å². The molecule has 8 nitrogen and oxygen atoms in total. The molecule has 0 saturated carbocycles. The van der Waals surface area contributed by atoms with E-state index in [1.807, 2.05) is 0 Å². The summed E-state index contributed by atoms with van der Waals surface area (Å²) in [6.07, 6.45) is 1.28. The molecule has 2 aromatic rings. The number of hydrogen-bond donors (Lipinski definition) is 1. The number of halogens is 1. The molecule has 0 aliphatic carbocycles. The van der Waals surface area contributed by atoms with Gasteiger partial charge in [-0.2, -0.15) is 4.98 Å². The summed E-state index contributed by atoms with van der Waals surface area (Å²) in [4.78, 5) is 7.96. The molecule has 25 heavy (non-hydrogen) atoms. The minimum atomic E-state index is -3.92. The predicted molar refractivity (Wildman–Crippen MR) is 93.2 cm³/mol. The monoisotopic (exact) mass is 387 g/mol. The van der Waals surface area contributed by atoms with Crippen LogP contribution in [0.15, 0.2) is 29.3 Å². The van der Waals surface area contributed by atoms with Crippen LogP contribution in [-0.2, 0) is 10.0 Å². The van der Waals surface area contributed by atoms with Crippen molar-refractivity contribution in [1.29, 1.82) is 0 Å². The van der Waals surface area contributed by atoms with Gasteiger partial charge in [-0.25, -0.2) is 13.4 Å². The Bertz CT molecular complexity index is 845. The van der Waals surface area contributed by atoms with E-state index in [4.69, 9.17) is 25.8 Å². The third kappa shape index (κ3) is 4.64. The van der Waals surface area contributed by atoms with Gasteiger partial charge in [0, 0.05) is 0 Å². The van der Waals surface area contributed by atoms with E-state index in [0.717, 1.165) is 0 Å². The Morgan fingerprint density at radius 1 is 1.20 bits per heavy atom. The van der Waals surface area contributed by atoms with E-state index in [1.54, 1.807) is 13.8 Å². The second kappa shape index (κ2) is 8.21. The molecule has 0 unspecified atom stereocenters. The van der Waals surface area contributed by atoms with Gasteiger partial charge in [0.1, 0.15) is 11.4 Å². The van der Waals surface area contributed by atoms with Crippen molar-refractivity contribution < 1.29 is 22.6 Å². The van der Waals surface area contributed by atoms with E-state index >= 15 is 0 Å². The van der Waals surface area contributed by atoms with E-state index < -0.39 is 10.0 Å². The average Bonchev–Trinajstić information content (AvgIpc) is 2.57. The lowest BCUT2D eigenvalue weighted by molar-refractivity contribution is 0.290. The normalized spacial score (nSPS) is 11.0. The largest absolute Gasteiger partial charge is 0.495 e. The van der Waals surface area contributed by atoms with Crippen LogP contribution in [0.25, 0.3) is 0 Å². The van der Waals surface area contributed by atoms with Crippen molar-refractivity contribution in [1.82, 2.24) is 9.97 Å². The van der Waals surface area contributed by atoms with Gasteiger partial charge in [0.15, 0.2) is 0 Å². The highest BCUT2D eigenvalue weighted by Crippen LogP contribution is 2.30. The van der Waals surface area contributed by atoms with Crippen LogP contribution in [-0.4, -0.2) is 38.7 Å². The third-order valence-electron chi connectivity index (χ3n) is 2.96. The van der Waals surface area contributed by atoms with Gasteiger partial charge in [-0.15, -0.1) is 0 Å². The van der Waals surface area contributed by atoms with Crippen molar-refractivity contribution in [2.75, 3.05) is 25.0 Å². The first-order valence-corrected chi connectivity index (χ1v) is 9.26. The summed E-state index contributed by atoms with van der Waals surface area (Å²) in [6, 6.07) is 4.23. The Hall–Kier alpha value is -2.26. The molecule has 0 saturated heterocycles. The summed E-state index contributed by atoms with van der Waals surface area (Å²) < 4.78 is 43.1. The maximum absolute atomic E-state index is 12.6. The van der Waals surface area contributed by atoms with Gasteiger partial charge in [0.2, 0.25) is 5.88 Å². The van der Waals surface area contributed by atoms with Gasteiger partial charge >= 0.3 is 6.01 Å². The summed E-state index contributed by atoms with van der Waals surface area (Å²) in [5, 5.41) is 0.179. The molecule has 1 heterocycles. The first-order chi connectivity index (χ1) is 11.9. The summed E-state index contributed by atoms with van der Waals surface area (Å²) >= 11 is 5.99. The molecule has 1 aromatic carbocycles. The second-order valence-corrected chi connectivity index (χ2v) is 6.73. The number of ether oxygens (including phenoxy) is 3. The third-order valence-corrected chi connectivity index (χ3v) is 4.62. The number of methoxy groups -OCH3 is 1. The smallest absolute Gasteiger partial charge is 0.319 e. The number of sulfonamides is 1. The number of anilines is 1. The zero-order chi connectivity index (χ0) is 18.4. The van der Waals surface area contributed by atoms with E-state index in [9.17, 15) is 8.42 Å². The summed E-state index contributed by atoms with van der Waals surface area (Å²) in [5.74, 6) is 0.448. The lowest BCUT2D eigenvalue weighted by Gasteiger charge is -2.13. The van der Waals surface area contributed by atoms with Crippen LogP contribution >= 0.6 is 11.6 Å². The van der Waals surface area contributed by atoms with Crippen LogP contribution in [0.1, 0.15) is 13.8 Å². The number of benzene rings is 1. The fourth-order valence-electron chi connectivity index (χ4n) is 1.88. The van der Waals surface area contributed by atoms with E-state index in [1.165, 1.54) is 31.5 Å². The number of hydrogen-bond acceptors (Lipinski definition) is 7. The van der Waals surface area contributed by atoms with Crippen molar-refractivity contribution in [3.8, 4) is 17.6 Å². The molecule has 2 rings (SSSR count). The first-order valence-electron chi connectivity index (χ1n) is 7.40. The van der Waals surface area contributed by atoms with Crippen LogP contribution < -0.4 is 18.9 Å². The standard InChI is InChI=1S/C15H18ClN3O5S/c1-4-23-14-12(9-17-15(18-14)24-5-2)19-25(20,21)10-6-7-13(22-3)11(16)8-10/h6-9,19H,4-5H2,1-3H3. The minimum absolute atomic E-state index is 0.0327. The SMILES string of the molecule is CCOc1ncc(NS(=O)(=O)c2ccc(OC)c(Cl)c2)c(OCC)n1. The topological polar surface area (TPSA) is 99.6 Å². The van der Waals surface area contributed by atoms with Crippen molar-refractivity contribution in [3.05, 3.63) is 29.4 Å². The number of aromatic nitrogens is 2. The zero-order valence-corrected chi connectivity index (χ0v) is 15.5. The van der Waals surface area contributed by atoms with Gasteiger partial charge in [-0.05, 0) is 32.0 Å². The highest BCUT2D eigenvalue weighted by Gasteiger charge is 2.20. The van der Waals surface area contributed by atoms with Crippen molar-refractivity contribution in [2.24, 2.45) is 0 Å². The molecule has 0 amide bonds. The second-order valence-electron chi connectivity index (χ2n) is 4.64. The molecular formula is C15H18ClN3O5S. The van der Waals surface area contributed by atoms with Gasteiger partial charge in [-0.1, -0.05) is 11.6 Å². The fraction of sp³-hybridized carbons (Fsp3) is 0.333. The molecule has 0 atom stereocenters. The molecular weight excluding hydrogens is 370 g/mol. The lowest BCUT2D eigenvalue weighted by atomic mass is 10.3. The Morgan fingerprint density at radius 3 is 2.52 bits per heavy atom.